The number of aliphatic hydroxyl groups excluding tert-OH is 2. The molecule has 0 aromatic carbocycles. The van der Waals surface area contributed by atoms with Crippen LogP contribution < -0.4 is 0 Å². The first-order valence-corrected chi connectivity index (χ1v) is 7.33. The molecule has 9 nitrogen and oxygen atoms in total. The summed E-state index contributed by atoms with van der Waals surface area (Å²) in [5.41, 5.74) is 8.56. The molecule has 1 rings (SSSR count). The molecule has 0 bridgehead atoms. The number of aliphatic hydroxyl groups is 2. The number of esters is 1. The van der Waals surface area contributed by atoms with E-state index in [1.54, 1.807) is 0 Å². The van der Waals surface area contributed by atoms with Gasteiger partial charge in [0.15, 0.2) is 0 Å². The van der Waals surface area contributed by atoms with Crippen LogP contribution in [-0.2, 0) is 19.0 Å². The second kappa shape index (κ2) is 8.25. The van der Waals surface area contributed by atoms with Gasteiger partial charge in [0, 0.05) is 11.8 Å². The van der Waals surface area contributed by atoms with E-state index in [4.69, 9.17) is 54.5 Å². The van der Waals surface area contributed by atoms with Gasteiger partial charge >= 0.3 is 5.97 Å². The van der Waals surface area contributed by atoms with Gasteiger partial charge in [0.25, 0.3) is 0 Å². The predicted octanol–water partition coefficient (Wildman–Crippen LogP) is 1.58. The quantitative estimate of drug-likeness (QED) is 0.183. The number of hydrogen-bond acceptors (Lipinski definition) is 7. The van der Waals surface area contributed by atoms with Crippen LogP contribution in [0, 0.1) is 0 Å². The lowest BCUT2D eigenvalue weighted by atomic mass is 9.97. The number of carbonyl (C=O) groups excluding carboxylic acids is 1. The summed E-state index contributed by atoms with van der Waals surface area (Å²) >= 11 is 16.8. The average Bonchev–Trinajstić information content (AvgIpc) is 2.44. The van der Waals surface area contributed by atoms with E-state index in [1.165, 1.54) is 0 Å². The molecule has 0 spiro atoms. The van der Waals surface area contributed by atoms with Crippen molar-refractivity contribution in [3.63, 3.8) is 0 Å². The van der Waals surface area contributed by atoms with Crippen LogP contribution in [0.15, 0.2) is 17.5 Å². The van der Waals surface area contributed by atoms with E-state index in [9.17, 15) is 15.0 Å². The first-order valence-electron chi connectivity index (χ1n) is 6.19. The number of rotatable bonds is 5. The van der Waals surface area contributed by atoms with Crippen molar-refractivity contribution in [2.75, 3.05) is 6.61 Å². The summed E-state index contributed by atoms with van der Waals surface area (Å²) < 4.78 is 13.3. The Morgan fingerprint density at radius 2 is 2.04 bits per heavy atom. The SMILES string of the molecule is C=C(O[C@@H]1OC(COC(C)=O)[C@H](O)C(O)[C@@H]1N=[N+]=[N-])C(Cl)(Cl)Cl. The van der Waals surface area contributed by atoms with Crippen LogP contribution in [0.25, 0.3) is 10.4 Å². The first kappa shape index (κ1) is 20.1. The molecule has 0 aliphatic carbocycles. The molecule has 0 aromatic heterocycles. The van der Waals surface area contributed by atoms with Crippen molar-refractivity contribution in [3.8, 4) is 0 Å². The monoisotopic (exact) mass is 389 g/mol. The van der Waals surface area contributed by atoms with Crippen molar-refractivity contribution in [1.82, 2.24) is 0 Å². The van der Waals surface area contributed by atoms with E-state index < -0.39 is 40.4 Å². The molecule has 2 N–H and O–H groups in total. The van der Waals surface area contributed by atoms with Crippen LogP contribution >= 0.6 is 34.8 Å². The maximum absolute atomic E-state index is 10.8. The minimum atomic E-state index is -1.99. The van der Waals surface area contributed by atoms with E-state index in [1.807, 2.05) is 0 Å². The van der Waals surface area contributed by atoms with Crippen molar-refractivity contribution in [3.05, 3.63) is 22.8 Å². The molecule has 1 fully saturated rings. The molecule has 12 heteroatoms. The molecule has 5 atom stereocenters. The van der Waals surface area contributed by atoms with E-state index >= 15 is 0 Å². The maximum atomic E-state index is 10.8. The Kier molecular flexibility index (Phi) is 7.22. The maximum Gasteiger partial charge on any atom is 0.302 e. The third-order valence-corrected chi connectivity index (χ3v) is 3.51. The Hall–Kier alpha value is -0.930. The molecule has 1 aliphatic rings. The van der Waals surface area contributed by atoms with Crippen LogP contribution in [0.4, 0.5) is 0 Å². The summed E-state index contributed by atoms with van der Waals surface area (Å²) in [6.45, 7) is 4.19. The lowest BCUT2D eigenvalue weighted by Gasteiger charge is -2.41. The van der Waals surface area contributed by atoms with Crippen molar-refractivity contribution >= 4 is 40.8 Å². The van der Waals surface area contributed by atoms with E-state index in [0.29, 0.717) is 0 Å². The minimum Gasteiger partial charge on any atom is -0.465 e. The third kappa shape index (κ3) is 5.58. The van der Waals surface area contributed by atoms with Gasteiger partial charge < -0.3 is 24.4 Å². The topological polar surface area (TPSA) is 134 Å². The molecule has 1 heterocycles. The highest BCUT2D eigenvalue weighted by Crippen LogP contribution is 2.37. The van der Waals surface area contributed by atoms with Gasteiger partial charge in [0.05, 0.1) is 6.10 Å². The smallest absolute Gasteiger partial charge is 0.302 e. The number of alkyl halides is 3. The number of hydrogen-bond donors (Lipinski definition) is 2. The van der Waals surface area contributed by atoms with Crippen molar-refractivity contribution in [2.45, 2.75) is 41.4 Å². The lowest BCUT2D eigenvalue weighted by molar-refractivity contribution is -0.256. The van der Waals surface area contributed by atoms with Crippen LogP contribution in [0.1, 0.15) is 6.92 Å². The van der Waals surface area contributed by atoms with Gasteiger partial charge in [-0.2, -0.15) is 0 Å². The highest BCUT2D eigenvalue weighted by molar-refractivity contribution is 6.69. The number of ether oxygens (including phenoxy) is 3. The number of azide groups is 1. The molecule has 0 amide bonds. The molecule has 2 unspecified atom stereocenters. The highest BCUT2D eigenvalue weighted by atomic mass is 35.6. The number of carbonyl (C=O) groups is 1. The van der Waals surface area contributed by atoms with Crippen LogP contribution in [0.2, 0.25) is 0 Å². The molecule has 1 aliphatic heterocycles. The number of halogens is 3. The largest absolute Gasteiger partial charge is 0.465 e. The van der Waals surface area contributed by atoms with Gasteiger partial charge in [-0.25, -0.2) is 0 Å². The summed E-state index contributed by atoms with van der Waals surface area (Å²) in [6, 6.07) is -1.34. The third-order valence-electron chi connectivity index (χ3n) is 2.88. The first-order chi connectivity index (χ1) is 10.6. The van der Waals surface area contributed by atoms with Crippen molar-refractivity contribution in [1.29, 1.82) is 0 Å². The van der Waals surface area contributed by atoms with Crippen LogP contribution in [0.5, 0.6) is 0 Å². The Morgan fingerprint density at radius 3 is 2.52 bits per heavy atom. The molecular weight excluding hydrogens is 376 g/mol. The summed E-state index contributed by atoms with van der Waals surface area (Å²) in [7, 11) is 0. The summed E-state index contributed by atoms with van der Waals surface area (Å²) in [5.74, 6) is -0.962. The van der Waals surface area contributed by atoms with Gasteiger partial charge in [-0.3, -0.25) is 4.79 Å². The van der Waals surface area contributed by atoms with Gasteiger partial charge in [-0.05, 0) is 5.53 Å². The minimum absolute atomic E-state index is 0.347. The summed E-state index contributed by atoms with van der Waals surface area (Å²) in [4.78, 5) is 13.4. The summed E-state index contributed by atoms with van der Waals surface area (Å²) in [5, 5.41) is 23.3. The van der Waals surface area contributed by atoms with Gasteiger partial charge in [-0.1, -0.05) is 46.5 Å². The normalized spacial score (nSPS) is 31.0. The molecule has 1 saturated heterocycles. The molecule has 130 valence electrons. The molecule has 0 aromatic rings. The standard InChI is InChI=1S/C11H14Cl3N3O6/c1-4(11(12,13)14)22-10-7(16-17-15)9(20)8(19)6(23-10)3-21-5(2)18/h6-10,19-20H,1,3H2,2H3/t6?,7-,8-,9?,10+/m0/s1. The molecule has 0 radical (unpaired) electrons. The summed E-state index contributed by atoms with van der Waals surface area (Å²) in [6.07, 6.45) is -5.61. The Labute approximate surface area is 146 Å². The molecule has 0 saturated carbocycles. The average molecular weight is 391 g/mol. The highest BCUT2D eigenvalue weighted by Gasteiger charge is 2.47. The number of nitrogens with zero attached hydrogens (tertiary/aromatic N) is 3. The predicted molar refractivity (Wildman–Crippen MR) is 80.8 cm³/mol. The fraction of sp³-hybridized carbons (Fsp3) is 0.727. The Balaban J connectivity index is 2.94. The Morgan fingerprint density at radius 1 is 1.43 bits per heavy atom. The van der Waals surface area contributed by atoms with E-state index in [0.717, 1.165) is 6.92 Å². The second-order valence-corrected chi connectivity index (χ2v) is 6.84. The van der Waals surface area contributed by atoms with E-state index in [-0.39, 0.29) is 12.4 Å². The molecular formula is C11H14Cl3N3O6. The fourth-order valence-electron chi connectivity index (χ4n) is 1.74. The van der Waals surface area contributed by atoms with Gasteiger partial charge in [-0.15, -0.1) is 0 Å². The zero-order chi connectivity index (χ0) is 17.8. The number of allylic oxidation sites excluding steroid dienone is 1. The molecule has 23 heavy (non-hydrogen) atoms. The van der Waals surface area contributed by atoms with Crippen LogP contribution in [-0.4, -0.2) is 57.2 Å². The fourth-order valence-corrected chi connectivity index (χ4v) is 1.87. The van der Waals surface area contributed by atoms with Gasteiger partial charge in [0.1, 0.15) is 30.6 Å². The lowest BCUT2D eigenvalue weighted by Crippen LogP contribution is -2.58. The second-order valence-electron chi connectivity index (χ2n) is 4.56. The zero-order valence-electron chi connectivity index (χ0n) is 11.8. The van der Waals surface area contributed by atoms with E-state index in [2.05, 4.69) is 16.6 Å². The zero-order valence-corrected chi connectivity index (χ0v) is 14.1. The van der Waals surface area contributed by atoms with Crippen molar-refractivity contribution in [2.24, 2.45) is 5.11 Å². The van der Waals surface area contributed by atoms with Crippen LogP contribution in [0.3, 0.4) is 0 Å². The van der Waals surface area contributed by atoms with Crippen molar-refractivity contribution < 1.29 is 29.2 Å². The van der Waals surface area contributed by atoms with Gasteiger partial charge in [0.2, 0.25) is 10.1 Å². The Bertz CT molecular complexity index is 508.